The van der Waals surface area contributed by atoms with Gasteiger partial charge in [0.2, 0.25) is 27.7 Å². The van der Waals surface area contributed by atoms with Crippen molar-refractivity contribution in [3.63, 3.8) is 0 Å². The number of benzene rings is 2. The van der Waals surface area contributed by atoms with Gasteiger partial charge in [0, 0.05) is 18.7 Å². The number of amides is 3. The molecule has 7 N–H and O–H groups in total. The number of nitrogens with zero attached hydrogens (tertiary/aromatic N) is 1. The lowest BCUT2D eigenvalue weighted by Crippen LogP contribution is -2.50. The number of likely N-dealkylation sites (tertiary alicyclic amines) is 1. The Kier molecular flexibility index (Phi) is 12.7. The lowest BCUT2D eigenvalue weighted by Gasteiger charge is -2.29. The van der Waals surface area contributed by atoms with E-state index in [2.05, 4.69) is 10.0 Å². The van der Waals surface area contributed by atoms with Gasteiger partial charge in [-0.3, -0.25) is 19.8 Å². The van der Waals surface area contributed by atoms with Crippen LogP contribution in [0.3, 0.4) is 0 Å². The summed E-state index contributed by atoms with van der Waals surface area (Å²) < 4.78 is 34.3. The molecule has 0 aliphatic carbocycles. The lowest BCUT2D eigenvalue weighted by molar-refractivity contribution is -0.133. The summed E-state index contributed by atoms with van der Waals surface area (Å²) in [7, 11) is -2.80. The standard InChI is InChI=1S/C29H40N6O6S.ClH/c1-17-14-24(41-4)18(2)19(3)26(17)42(39,40)34-23(16-25(31)36)28(37)33-27(32)21-10-8-20(9-11-21)15-22(30)29(38)35-12-6-5-7-13-35;/h8-11,14,22-23,34H,5-7,12-13,15-16,30H2,1-4H3,(H2,31,36)(H2,32,33,37);1H/t22-,23+;/m1./s1. The number of methoxy groups -OCH3 is 1. The van der Waals surface area contributed by atoms with E-state index in [4.69, 9.17) is 21.6 Å². The molecule has 43 heavy (non-hydrogen) atoms. The SMILES string of the molecule is COc1cc(C)c(S(=O)(=O)N[C@@H](CC(N)=O)C(=O)NC(=N)c2ccc(C[C@@H](N)C(=O)N3CCCCC3)cc2)c(C)c1C.Cl. The summed E-state index contributed by atoms with van der Waals surface area (Å²) in [6.07, 6.45) is 2.76. The Bertz CT molecular complexity index is 1460. The van der Waals surface area contributed by atoms with E-state index in [-0.39, 0.29) is 29.0 Å². The quantitative estimate of drug-likeness (QED) is 0.182. The van der Waals surface area contributed by atoms with Crippen LogP contribution < -0.4 is 26.2 Å². The van der Waals surface area contributed by atoms with E-state index >= 15 is 0 Å². The normalized spacial score (nSPS) is 14.7. The highest BCUT2D eigenvalue weighted by Crippen LogP contribution is 2.30. The van der Waals surface area contributed by atoms with Gasteiger partial charge in [-0.25, -0.2) is 8.42 Å². The molecule has 12 nitrogen and oxygen atoms in total. The predicted molar refractivity (Wildman–Crippen MR) is 166 cm³/mol. The molecule has 1 saturated heterocycles. The van der Waals surface area contributed by atoms with E-state index in [0.29, 0.717) is 47.5 Å². The molecule has 3 rings (SSSR count). The van der Waals surface area contributed by atoms with Crippen LogP contribution in [0.25, 0.3) is 0 Å². The van der Waals surface area contributed by atoms with Crippen LogP contribution in [0.15, 0.2) is 35.2 Å². The van der Waals surface area contributed by atoms with Gasteiger partial charge < -0.3 is 26.4 Å². The molecule has 2 atom stereocenters. The Morgan fingerprint density at radius 2 is 1.65 bits per heavy atom. The average Bonchev–Trinajstić information content (AvgIpc) is 2.94. The van der Waals surface area contributed by atoms with E-state index < -0.39 is 40.3 Å². The van der Waals surface area contributed by atoms with Crippen LogP contribution in [-0.2, 0) is 30.8 Å². The van der Waals surface area contributed by atoms with E-state index in [1.165, 1.54) is 7.11 Å². The summed E-state index contributed by atoms with van der Waals surface area (Å²) in [6, 6.07) is 5.94. The highest BCUT2D eigenvalue weighted by molar-refractivity contribution is 7.89. The molecule has 1 fully saturated rings. The second-order valence-electron chi connectivity index (χ2n) is 10.6. The minimum atomic E-state index is -4.28. The zero-order chi connectivity index (χ0) is 31.2. The molecule has 1 heterocycles. The zero-order valence-corrected chi connectivity index (χ0v) is 26.5. The molecule has 0 unspecified atom stereocenters. The van der Waals surface area contributed by atoms with Gasteiger partial charge in [0.05, 0.1) is 24.5 Å². The van der Waals surface area contributed by atoms with Crippen molar-refractivity contribution in [2.24, 2.45) is 11.5 Å². The van der Waals surface area contributed by atoms with E-state index in [0.717, 1.165) is 24.8 Å². The first kappa shape index (κ1) is 35.7. The number of nitrogens with two attached hydrogens (primary N) is 2. The molecule has 2 aromatic carbocycles. The summed E-state index contributed by atoms with van der Waals surface area (Å²) in [4.78, 5) is 39.2. The van der Waals surface area contributed by atoms with Crippen LogP contribution in [-0.4, -0.2) is 69.2 Å². The third-order valence-corrected chi connectivity index (χ3v) is 9.18. The Hall–Kier alpha value is -3.52. The van der Waals surface area contributed by atoms with Crippen molar-refractivity contribution < 1.29 is 27.5 Å². The Balaban J connectivity index is 0.00000645. The first-order chi connectivity index (χ1) is 19.7. The molecule has 0 radical (unpaired) electrons. The van der Waals surface area contributed by atoms with Gasteiger partial charge in [-0.15, -0.1) is 12.4 Å². The first-order valence-corrected chi connectivity index (χ1v) is 15.2. The Labute approximate surface area is 258 Å². The van der Waals surface area contributed by atoms with Gasteiger partial charge in [0.25, 0.3) is 0 Å². The summed E-state index contributed by atoms with van der Waals surface area (Å²) in [6.45, 7) is 6.37. The number of rotatable bonds is 11. The minimum Gasteiger partial charge on any atom is -0.496 e. The maximum atomic E-state index is 13.4. The largest absolute Gasteiger partial charge is 0.496 e. The topological polar surface area (TPSA) is 198 Å². The highest BCUT2D eigenvalue weighted by atomic mass is 35.5. The average molecular weight is 637 g/mol. The molecule has 236 valence electrons. The van der Waals surface area contributed by atoms with E-state index in [1.807, 2.05) is 0 Å². The highest BCUT2D eigenvalue weighted by Gasteiger charge is 2.31. The van der Waals surface area contributed by atoms with Gasteiger partial charge in [-0.1, -0.05) is 24.3 Å². The third kappa shape index (κ3) is 8.99. The van der Waals surface area contributed by atoms with Crippen molar-refractivity contribution in [3.05, 3.63) is 58.1 Å². The number of aryl methyl sites for hydroxylation is 1. The van der Waals surface area contributed by atoms with Crippen LogP contribution in [0, 0.1) is 26.2 Å². The molecule has 0 saturated carbocycles. The van der Waals surface area contributed by atoms with Crippen LogP contribution in [0.1, 0.15) is 53.5 Å². The van der Waals surface area contributed by atoms with Crippen LogP contribution >= 0.6 is 12.4 Å². The monoisotopic (exact) mass is 636 g/mol. The van der Waals surface area contributed by atoms with Gasteiger partial charge in [-0.05, 0) is 74.8 Å². The van der Waals surface area contributed by atoms with Crippen molar-refractivity contribution in [1.82, 2.24) is 14.9 Å². The fraction of sp³-hybridized carbons (Fsp3) is 0.448. The molecule has 1 aliphatic rings. The van der Waals surface area contributed by atoms with Gasteiger partial charge >= 0.3 is 0 Å². The number of halogens is 1. The number of piperidine rings is 1. The van der Waals surface area contributed by atoms with Gasteiger partial charge in [0.1, 0.15) is 17.6 Å². The molecule has 0 spiro atoms. The van der Waals surface area contributed by atoms with Crippen molar-refractivity contribution >= 4 is 46.0 Å². The van der Waals surface area contributed by atoms with Crippen molar-refractivity contribution in [2.45, 2.75) is 69.9 Å². The van der Waals surface area contributed by atoms with E-state index in [9.17, 15) is 22.8 Å². The van der Waals surface area contributed by atoms with Crippen LogP contribution in [0.2, 0.25) is 0 Å². The molecule has 1 aliphatic heterocycles. The molecule has 2 aromatic rings. The summed E-state index contributed by atoms with van der Waals surface area (Å²) >= 11 is 0. The molecule has 0 bridgehead atoms. The maximum Gasteiger partial charge on any atom is 0.244 e. The molecule has 14 heteroatoms. The van der Waals surface area contributed by atoms with Gasteiger partial charge in [0.15, 0.2) is 0 Å². The number of amidine groups is 1. The number of sulfonamides is 1. The number of hydrogen-bond donors (Lipinski definition) is 5. The minimum absolute atomic E-state index is 0. The third-order valence-electron chi connectivity index (χ3n) is 7.42. The number of ether oxygens (including phenoxy) is 1. The molecule has 3 amide bonds. The van der Waals surface area contributed by atoms with Crippen LogP contribution in [0.5, 0.6) is 5.75 Å². The van der Waals surface area contributed by atoms with Crippen molar-refractivity contribution in [1.29, 1.82) is 5.41 Å². The van der Waals surface area contributed by atoms with E-state index in [1.54, 1.807) is 56.0 Å². The summed E-state index contributed by atoms with van der Waals surface area (Å²) in [5, 5.41) is 10.7. The lowest BCUT2D eigenvalue weighted by atomic mass is 10.0. The fourth-order valence-electron chi connectivity index (χ4n) is 5.06. The molecular weight excluding hydrogens is 596 g/mol. The Morgan fingerprint density at radius 3 is 2.21 bits per heavy atom. The van der Waals surface area contributed by atoms with Crippen LogP contribution in [0.4, 0.5) is 0 Å². The Morgan fingerprint density at radius 1 is 1.05 bits per heavy atom. The predicted octanol–water partition coefficient (Wildman–Crippen LogP) is 1.59. The number of hydrogen-bond acceptors (Lipinski definition) is 8. The number of carbonyl (C=O) groups excluding carboxylic acids is 3. The van der Waals surface area contributed by atoms with Crippen molar-refractivity contribution in [3.8, 4) is 5.75 Å². The van der Waals surface area contributed by atoms with Gasteiger partial charge in [-0.2, -0.15) is 4.72 Å². The molecular formula is C29H41ClN6O6S. The number of nitrogens with one attached hydrogen (secondary N) is 3. The number of carbonyl (C=O) groups is 3. The smallest absolute Gasteiger partial charge is 0.244 e. The second kappa shape index (κ2) is 15.3. The maximum absolute atomic E-state index is 13.4. The first-order valence-electron chi connectivity index (χ1n) is 13.7. The zero-order valence-electron chi connectivity index (χ0n) is 24.9. The summed E-state index contributed by atoms with van der Waals surface area (Å²) in [5.41, 5.74) is 14.0. The number of primary amides is 1. The molecule has 0 aromatic heterocycles. The summed E-state index contributed by atoms with van der Waals surface area (Å²) in [5.74, 6) is -1.69. The van der Waals surface area contributed by atoms with Crippen molar-refractivity contribution in [2.75, 3.05) is 20.2 Å². The fourth-order valence-corrected chi connectivity index (χ4v) is 6.78. The second-order valence-corrected chi connectivity index (χ2v) is 12.2.